The van der Waals surface area contributed by atoms with E-state index in [1.807, 2.05) is 25.5 Å². The number of aromatic amines is 1. The largest absolute Gasteiger partial charge is 0.481 e. The lowest BCUT2D eigenvalue weighted by atomic mass is 10.1. The molecule has 0 aromatic carbocycles. The molecule has 4 heterocycles. The summed E-state index contributed by atoms with van der Waals surface area (Å²) < 4.78 is 9.15. The van der Waals surface area contributed by atoms with E-state index in [2.05, 4.69) is 50.6 Å². The number of nitriles is 1. The van der Waals surface area contributed by atoms with Crippen molar-refractivity contribution in [3.63, 3.8) is 0 Å². The first-order chi connectivity index (χ1) is 14.0. The topological polar surface area (TPSA) is 97.3 Å². The number of imidazole rings is 1. The highest BCUT2D eigenvalue weighted by Gasteiger charge is 2.13. The molecule has 0 aliphatic rings. The first-order valence-corrected chi connectivity index (χ1v) is 9.14. The van der Waals surface area contributed by atoms with Gasteiger partial charge < -0.3 is 14.3 Å². The maximum Gasteiger partial charge on any atom is 0.215 e. The highest BCUT2D eigenvalue weighted by molar-refractivity contribution is 5.90. The van der Waals surface area contributed by atoms with Gasteiger partial charge in [-0.25, -0.2) is 9.97 Å². The number of rotatable bonds is 5. The van der Waals surface area contributed by atoms with Crippen molar-refractivity contribution in [3.05, 3.63) is 59.1 Å². The van der Waals surface area contributed by atoms with Crippen molar-refractivity contribution in [3.8, 4) is 11.9 Å². The molecule has 4 aromatic heterocycles. The number of H-pyrrole nitrogens is 1. The van der Waals surface area contributed by atoms with Crippen LogP contribution in [0.15, 0.2) is 30.7 Å². The molecule has 4 rings (SSSR count). The number of methoxy groups -OCH3 is 1. The molecule has 0 spiro atoms. The maximum absolute atomic E-state index is 9.74. The number of ether oxygens (including phenoxy) is 1. The van der Waals surface area contributed by atoms with E-state index in [0.29, 0.717) is 22.8 Å². The number of fused-ring (bicyclic) bond motifs is 1. The van der Waals surface area contributed by atoms with Crippen LogP contribution in [0, 0.1) is 25.2 Å². The molecule has 0 amide bonds. The summed E-state index contributed by atoms with van der Waals surface area (Å²) >= 11 is 0. The second-order valence-corrected chi connectivity index (χ2v) is 6.93. The third-order valence-corrected chi connectivity index (χ3v) is 4.94. The van der Waals surface area contributed by atoms with Gasteiger partial charge in [-0.3, -0.25) is 4.68 Å². The third kappa shape index (κ3) is 3.50. The summed E-state index contributed by atoms with van der Waals surface area (Å²) in [5.74, 6) is 0.992. The molecule has 0 fully saturated rings. The van der Waals surface area contributed by atoms with E-state index in [1.165, 1.54) is 0 Å². The van der Waals surface area contributed by atoms with Crippen LogP contribution < -0.4 is 4.74 Å². The van der Waals surface area contributed by atoms with Crippen LogP contribution in [-0.4, -0.2) is 36.4 Å². The quantitative estimate of drug-likeness (QED) is 0.530. The van der Waals surface area contributed by atoms with Crippen molar-refractivity contribution in [2.45, 2.75) is 20.4 Å². The van der Waals surface area contributed by atoms with Gasteiger partial charge in [0.25, 0.3) is 0 Å². The average molecular weight is 387 g/mol. The molecule has 0 saturated heterocycles. The summed E-state index contributed by atoms with van der Waals surface area (Å²) in [7, 11) is 3.47. The molecule has 8 nitrogen and oxygen atoms in total. The zero-order valence-corrected chi connectivity index (χ0v) is 16.8. The monoisotopic (exact) mass is 387 g/mol. The summed E-state index contributed by atoms with van der Waals surface area (Å²) in [4.78, 5) is 11.9. The van der Waals surface area contributed by atoms with Crippen molar-refractivity contribution in [1.29, 1.82) is 5.26 Å². The lowest BCUT2D eigenvalue weighted by Gasteiger charge is -2.07. The second kappa shape index (κ2) is 7.28. The zero-order chi connectivity index (χ0) is 20.5. The highest BCUT2D eigenvalue weighted by Crippen LogP contribution is 2.24. The van der Waals surface area contributed by atoms with Crippen LogP contribution in [0.1, 0.15) is 28.3 Å². The van der Waals surface area contributed by atoms with Gasteiger partial charge in [-0.15, -0.1) is 0 Å². The van der Waals surface area contributed by atoms with Crippen LogP contribution in [0.25, 0.3) is 22.7 Å². The van der Waals surface area contributed by atoms with Crippen LogP contribution >= 0.6 is 0 Å². The Morgan fingerprint density at radius 2 is 2.14 bits per heavy atom. The number of aryl methyl sites for hydroxylation is 2. The van der Waals surface area contributed by atoms with Crippen molar-refractivity contribution in [2.75, 3.05) is 7.11 Å². The first kappa shape index (κ1) is 18.5. The summed E-state index contributed by atoms with van der Waals surface area (Å²) in [5, 5.41) is 14.0. The van der Waals surface area contributed by atoms with Gasteiger partial charge in [0, 0.05) is 36.3 Å². The number of hydrogen-bond acceptors (Lipinski definition) is 5. The van der Waals surface area contributed by atoms with Crippen molar-refractivity contribution < 1.29 is 4.74 Å². The van der Waals surface area contributed by atoms with Gasteiger partial charge in [0.15, 0.2) is 0 Å². The van der Waals surface area contributed by atoms with Gasteiger partial charge in [0.1, 0.15) is 11.9 Å². The molecule has 0 aliphatic heterocycles. The SMILES string of the molecule is COc1cc2nc(/C(C#N)=C/c3cc(C)n(Cc4cnn(C)c4)c3C)[nH]c2cn1. The Balaban J connectivity index is 1.70. The highest BCUT2D eigenvalue weighted by atomic mass is 16.5. The fourth-order valence-corrected chi connectivity index (χ4v) is 3.39. The summed E-state index contributed by atoms with van der Waals surface area (Å²) in [5.41, 5.74) is 6.23. The smallest absolute Gasteiger partial charge is 0.215 e. The Labute approximate surface area is 168 Å². The minimum absolute atomic E-state index is 0.460. The van der Waals surface area contributed by atoms with Gasteiger partial charge in [-0.1, -0.05) is 0 Å². The molecule has 29 heavy (non-hydrogen) atoms. The number of pyridine rings is 1. The van der Waals surface area contributed by atoms with Crippen LogP contribution in [-0.2, 0) is 13.6 Å². The summed E-state index contributed by atoms with van der Waals surface area (Å²) in [6.07, 6.45) is 7.39. The number of allylic oxidation sites excluding steroid dienone is 1. The maximum atomic E-state index is 9.74. The molecule has 1 N–H and O–H groups in total. The normalized spacial score (nSPS) is 11.8. The molecule has 4 aromatic rings. The second-order valence-electron chi connectivity index (χ2n) is 6.93. The molecule has 146 valence electrons. The predicted molar refractivity (Wildman–Crippen MR) is 110 cm³/mol. The van der Waals surface area contributed by atoms with E-state index in [-0.39, 0.29) is 0 Å². The van der Waals surface area contributed by atoms with E-state index in [9.17, 15) is 5.26 Å². The first-order valence-electron chi connectivity index (χ1n) is 9.14. The van der Waals surface area contributed by atoms with Gasteiger partial charge in [0.2, 0.25) is 5.88 Å². The molecular formula is C21H21N7O. The van der Waals surface area contributed by atoms with E-state index < -0.39 is 0 Å². The van der Waals surface area contributed by atoms with Crippen molar-refractivity contribution >= 4 is 22.7 Å². The number of aromatic nitrogens is 6. The Bertz CT molecular complexity index is 1270. The molecule has 0 aliphatic carbocycles. The molecule has 0 radical (unpaired) electrons. The van der Waals surface area contributed by atoms with Gasteiger partial charge in [-0.05, 0) is 31.6 Å². The summed E-state index contributed by atoms with van der Waals surface area (Å²) in [6.45, 7) is 4.85. The van der Waals surface area contributed by atoms with E-state index >= 15 is 0 Å². The van der Waals surface area contributed by atoms with Crippen molar-refractivity contribution in [2.24, 2.45) is 7.05 Å². The minimum Gasteiger partial charge on any atom is -0.481 e. The average Bonchev–Trinajstić information content (AvgIpc) is 3.39. The molecule has 0 unspecified atom stereocenters. The molecule has 0 saturated carbocycles. The number of nitrogens with zero attached hydrogens (tertiary/aromatic N) is 6. The Kier molecular flexibility index (Phi) is 4.64. The standard InChI is InChI=1S/C21H21N7O/c1-13-5-16(14(2)28(13)12-15-9-24-27(3)11-15)6-17(8-22)21-25-18-7-20(29-4)23-10-19(18)26-21/h5-7,9-11H,12H2,1-4H3,(H,25,26)/b17-6+. The van der Waals surface area contributed by atoms with E-state index in [4.69, 9.17) is 4.74 Å². The number of nitrogens with one attached hydrogen (secondary N) is 1. The Morgan fingerprint density at radius 3 is 2.83 bits per heavy atom. The van der Waals surface area contributed by atoms with E-state index in [1.54, 1.807) is 24.1 Å². The molecule has 0 atom stereocenters. The lowest BCUT2D eigenvalue weighted by molar-refractivity contribution is 0.398. The molecule has 8 heteroatoms. The fraction of sp³-hybridized carbons (Fsp3) is 0.238. The van der Waals surface area contributed by atoms with Gasteiger partial charge in [0.05, 0.1) is 42.7 Å². The van der Waals surface area contributed by atoms with Crippen LogP contribution in [0.3, 0.4) is 0 Å². The fourth-order valence-electron chi connectivity index (χ4n) is 3.39. The van der Waals surface area contributed by atoms with Crippen molar-refractivity contribution in [1.82, 2.24) is 29.3 Å². The lowest BCUT2D eigenvalue weighted by Crippen LogP contribution is -2.03. The molecule has 0 bridgehead atoms. The van der Waals surface area contributed by atoms with E-state index in [0.717, 1.165) is 34.6 Å². The Morgan fingerprint density at radius 1 is 1.31 bits per heavy atom. The minimum atomic E-state index is 0.460. The van der Waals surface area contributed by atoms with Crippen LogP contribution in [0.5, 0.6) is 5.88 Å². The Hall–Kier alpha value is -3.86. The van der Waals surface area contributed by atoms with Crippen LogP contribution in [0.4, 0.5) is 0 Å². The number of hydrogen-bond donors (Lipinski definition) is 1. The summed E-state index contributed by atoms with van der Waals surface area (Å²) in [6, 6.07) is 6.08. The third-order valence-electron chi connectivity index (χ3n) is 4.94. The predicted octanol–water partition coefficient (Wildman–Crippen LogP) is 3.23. The van der Waals surface area contributed by atoms with Gasteiger partial charge >= 0.3 is 0 Å². The zero-order valence-electron chi connectivity index (χ0n) is 16.8. The van der Waals surface area contributed by atoms with Gasteiger partial charge in [-0.2, -0.15) is 10.4 Å². The van der Waals surface area contributed by atoms with Crippen LogP contribution in [0.2, 0.25) is 0 Å². The molecular weight excluding hydrogens is 366 g/mol.